The van der Waals surface area contributed by atoms with Gasteiger partial charge in [-0.15, -0.1) is 0 Å². The summed E-state index contributed by atoms with van der Waals surface area (Å²) in [5.74, 6) is 1.10. The van der Waals surface area contributed by atoms with Crippen molar-refractivity contribution in [1.82, 2.24) is 4.98 Å². The summed E-state index contributed by atoms with van der Waals surface area (Å²) in [7, 11) is 0. The van der Waals surface area contributed by atoms with Crippen molar-refractivity contribution in [3.8, 4) is 11.3 Å². The van der Waals surface area contributed by atoms with Gasteiger partial charge in [-0.25, -0.2) is 0 Å². The third-order valence-electron chi connectivity index (χ3n) is 9.12. The average molecular weight is 570 g/mol. The Morgan fingerprint density at radius 1 is 0.605 bits per heavy atom. The van der Waals surface area contributed by atoms with Crippen molar-refractivity contribution in [2.75, 3.05) is 10.6 Å². The number of aromatic nitrogens is 1. The largest absolute Gasteiger partial charge is 0.381 e. The standard InChI is InChI=1S/C40H47N3/c1-6-29(7-2)35-20-15-21-36(30(8-3)9-4)40(35)42-27-33-18-14-23-38(43-33)39-32(25-24-31-17-11-12-19-34(31)39)26-41-37-22-13-10-16-28(37)5/h10-25,29-30,41-42H,6-9,26-27H2,1-5H3. The molecule has 3 heteroatoms. The molecule has 0 fully saturated rings. The molecule has 2 N–H and O–H groups in total. The van der Waals surface area contributed by atoms with Crippen molar-refractivity contribution in [3.63, 3.8) is 0 Å². The Bertz CT molecular complexity index is 1620. The molecule has 0 atom stereocenters. The maximum Gasteiger partial charge on any atom is 0.0715 e. The van der Waals surface area contributed by atoms with E-state index in [9.17, 15) is 0 Å². The van der Waals surface area contributed by atoms with E-state index < -0.39 is 0 Å². The smallest absolute Gasteiger partial charge is 0.0715 e. The second kappa shape index (κ2) is 14.4. The lowest BCUT2D eigenvalue weighted by Gasteiger charge is -2.25. The van der Waals surface area contributed by atoms with E-state index in [1.807, 2.05) is 0 Å². The lowest BCUT2D eigenvalue weighted by Crippen LogP contribution is -2.11. The molecule has 0 unspecified atom stereocenters. The molecule has 0 saturated heterocycles. The Labute approximate surface area is 258 Å². The maximum absolute atomic E-state index is 5.28. The second-order valence-electron chi connectivity index (χ2n) is 11.7. The van der Waals surface area contributed by atoms with Crippen LogP contribution in [0.3, 0.4) is 0 Å². The molecule has 0 saturated carbocycles. The zero-order valence-electron chi connectivity index (χ0n) is 26.6. The SMILES string of the molecule is CCC(CC)c1cccc(C(CC)CC)c1NCc1cccc(-c2c(CNc3ccccc3C)ccc3ccccc23)n1. The molecule has 1 aromatic heterocycles. The predicted molar refractivity (Wildman–Crippen MR) is 186 cm³/mol. The van der Waals surface area contributed by atoms with Gasteiger partial charge in [0.1, 0.15) is 0 Å². The number of pyridine rings is 1. The monoisotopic (exact) mass is 569 g/mol. The highest BCUT2D eigenvalue weighted by Gasteiger charge is 2.19. The van der Waals surface area contributed by atoms with Crippen molar-refractivity contribution in [1.29, 1.82) is 0 Å². The Morgan fingerprint density at radius 2 is 1.26 bits per heavy atom. The molecule has 4 aromatic carbocycles. The molecule has 0 spiro atoms. The molecule has 0 aliphatic rings. The number of nitrogens with zero attached hydrogens (tertiary/aromatic N) is 1. The first kappa shape index (κ1) is 30.4. The molecule has 0 aliphatic carbocycles. The van der Waals surface area contributed by atoms with Crippen LogP contribution in [0.2, 0.25) is 0 Å². The number of rotatable bonds is 13. The Morgan fingerprint density at radius 3 is 1.95 bits per heavy atom. The molecule has 0 bridgehead atoms. The quantitative estimate of drug-likeness (QED) is 0.148. The van der Waals surface area contributed by atoms with Crippen LogP contribution in [0.1, 0.15) is 93.2 Å². The number of para-hydroxylation sites is 2. The van der Waals surface area contributed by atoms with Crippen LogP contribution in [-0.2, 0) is 13.1 Å². The van der Waals surface area contributed by atoms with E-state index in [0.29, 0.717) is 18.4 Å². The van der Waals surface area contributed by atoms with Gasteiger partial charge in [0.15, 0.2) is 0 Å². The highest BCUT2D eigenvalue weighted by Crippen LogP contribution is 2.38. The molecular weight excluding hydrogens is 522 g/mol. The summed E-state index contributed by atoms with van der Waals surface area (Å²) >= 11 is 0. The Kier molecular flexibility index (Phi) is 10.1. The van der Waals surface area contributed by atoms with Gasteiger partial charge in [-0.1, -0.05) is 107 Å². The highest BCUT2D eigenvalue weighted by atomic mass is 14.9. The van der Waals surface area contributed by atoms with Crippen LogP contribution >= 0.6 is 0 Å². The van der Waals surface area contributed by atoms with Crippen LogP contribution in [-0.4, -0.2) is 4.98 Å². The van der Waals surface area contributed by atoms with Gasteiger partial charge in [0.05, 0.1) is 17.9 Å². The van der Waals surface area contributed by atoms with Crippen LogP contribution in [0, 0.1) is 6.92 Å². The van der Waals surface area contributed by atoms with E-state index in [0.717, 1.165) is 49.3 Å². The van der Waals surface area contributed by atoms with Crippen LogP contribution in [0.5, 0.6) is 0 Å². The number of nitrogens with one attached hydrogen (secondary N) is 2. The van der Waals surface area contributed by atoms with Crippen molar-refractivity contribution < 1.29 is 0 Å². The molecule has 1 heterocycles. The molecular formula is C40H47N3. The number of aryl methyl sites for hydroxylation is 1. The van der Waals surface area contributed by atoms with E-state index in [1.165, 1.54) is 44.3 Å². The van der Waals surface area contributed by atoms with Crippen molar-refractivity contribution in [2.24, 2.45) is 0 Å². The van der Waals surface area contributed by atoms with Gasteiger partial charge in [-0.3, -0.25) is 4.98 Å². The molecule has 0 aliphatic heterocycles. The first-order valence-electron chi connectivity index (χ1n) is 16.2. The summed E-state index contributed by atoms with van der Waals surface area (Å²) < 4.78 is 0. The lowest BCUT2D eigenvalue weighted by atomic mass is 9.85. The summed E-state index contributed by atoms with van der Waals surface area (Å²) in [6, 6.07) is 35.0. The topological polar surface area (TPSA) is 37.0 Å². The number of hydrogen-bond donors (Lipinski definition) is 2. The number of hydrogen-bond acceptors (Lipinski definition) is 3. The minimum absolute atomic E-state index is 0.551. The molecule has 43 heavy (non-hydrogen) atoms. The number of anilines is 2. The molecule has 222 valence electrons. The second-order valence-corrected chi connectivity index (χ2v) is 11.7. The van der Waals surface area contributed by atoms with Gasteiger partial charge in [0.2, 0.25) is 0 Å². The van der Waals surface area contributed by atoms with Crippen molar-refractivity contribution >= 4 is 22.1 Å². The molecule has 3 nitrogen and oxygen atoms in total. The van der Waals surface area contributed by atoms with E-state index in [4.69, 9.17) is 4.98 Å². The van der Waals surface area contributed by atoms with E-state index in [-0.39, 0.29) is 0 Å². The first-order chi connectivity index (χ1) is 21.1. The minimum Gasteiger partial charge on any atom is -0.381 e. The zero-order valence-corrected chi connectivity index (χ0v) is 26.6. The van der Waals surface area contributed by atoms with E-state index in [1.54, 1.807) is 0 Å². The van der Waals surface area contributed by atoms with Gasteiger partial charge >= 0.3 is 0 Å². The fourth-order valence-corrected chi connectivity index (χ4v) is 6.55. The third kappa shape index (κ3) is 6.77. The summed E-state index contributed by atoms with van der Waals surface area (Å²) in [6.07, 6.45) is 4.58. The van der Waals surface area contributed by atoms with Crippen molar-refractivity contribution in [3.05, 3.63) is 125 Å². The molecule has 0 radical (unpaired) electrons. The van der Waals surface area contributed by atoms with Gasteiger partial charge < -0.3 is 10.6 Å². The molecule has 5 aromatic rings. The van der Waals surface area contributed by atoms with Gasteiger partial charge in [-0.2, -0.15) is 0 Å². The van der Waals surface area contributed by atoms with Crippen LogP contribution in [0.25, 0.3) is 22.0 Å². The fourth-order valence-electron chi connectivity index (χ4n) is 6.55. The summed E-state index contributed by atoms with van der Waals surface area (Å²) in [5, 5.41) is 10.1. The summed E-state index contributed by atoms with van der Waals surface area (Å²) in [4.78, 5) is 5.28. The van der Waals surface area contributed by atoms with Crippen LogP contribution < -0.4 is 10.6 Å². The Balaban J connectivity index is 1.50. The van der Waals surface area contributed by atoms with Gasteiger partial charge in [0.25, 0.3) is 0 Å². The van der Waals surface area contributed by atoms with Crippen molar-refractivity contribution in [2.45, 2.75) is 85.2 Å². The highest BCUT2D eigenvalue weighted by molar-refractivity contribution is 5.97. The van der Waals surface area contributed by atoms with Crippen LogP contribution in [0.15, 0.2) is 97.1 Å². The molecule has 0 amide bonds. The molecule has 5 rings (SSSR count). The fraction of sp³-hybridized carbons (Fsp3) is 0.325. The van der Waals surface area contributed by atoms with E-state index in [2.05, 4.69) is 142 Å². The van der Waals surface area contributed by atoms with Crippen LogP contribution in [0.4, 0.5) is 11.4 Å². The summed E-state index contributed by atoms with van der Waals surface area (Å²) in [6.45, 7) is 12.8. The normalized spacial score (nSPS) is 11.4. The summed E-state index contributed by atoms with van der Waals surface area (Å²) in [5.41, 5.74) is 11.2. The zero-order chi connectivity index (χ0) is 30.2. The van der Waals surface area contributed by atoms with E-state index >= 15 is 0 Å². The number of benzene rings is 4. The average Bonchev–Trinajstić information content (AvgIpc) is 3.05. The number of fused-ring (bicyclic) bond motifs is 1. The maximum atomic E-state index is 5.28. The first-order valence-corrected chi connectivity index (χ1v) is 16.2. The third-order valence-corrected chi connectivity index (χ3v) is 9.12. The van der Waals surface area contributed by atoms with Gasteiger partial charge in [0, 0.05) is 23.5 Å². The minimum atomic E-state index is 0.551. The Hall–Kier alpha value is -4.11. The van der Waals surface area contributed by atoms with Gasteiger partial charge in [-0.05, 0) is 95.7 Å². The lowest BCUT2D eigenvalue weighted by molar-refractivity contribution is 0.625. The predicted octanol–water partition coefficient (Wildman–Crippen LogP) is 11.2.